The van der Waals surface area contributed by atoms with E-state index in [1.807, 2.05) is 55.5 Å². The highest BCUT2D eigenvalue weighted by Gasteiger charge is 2.44. The van der Waals surface area contributed by atoms with Crippen molar-refractivity contribution in [1.29, 1.82) is 0 Å². The smallest absolute Gasteiger partial charge is 0.408 e. The Morgan fingerprint density at radius 1 is 1.05 bits per heavy atom. The molecule has 13 nitrogen and oxygen atoms in total. The van der Waals surface area contributed by atoms with E-state index in [4.69, 9.17) is 10.5 Å². The molecule has 0 radical (unpaired) electrons. The zero-order valence-electron chi connectivity index (χ0n) is 24.2. The predicted molar refractivity (Wildman–Crippen MR) is 159 cm³/mol. The molecule has 4 atom stereocenters. The minimum absolute atomic E-state index is 0.0528. The van der Waals surface area contributed by atoms with Crippen molar-refractivity contribution in [2.75, 3.05) is 4.90 Å². The highest BCUT2D eigenvalue weighted by molar-refractivity contribution is 6.08. The molecule has 4 rings (SSSR count). The minimum atomic E-state index is -0.923. The Kier molecular flexibility index (Phi) is 10.3. The van der Waals surface area contributed by atoms with Crippen LogP contribution < -0.4 is 32.0 Å². The summed E-state index contributed by atoms with van der Waals surface area (Å²) in [5.41, 5.74) is 10.4. The average molecular weight is 592 g/mol. The van der Waals surface area contributed by atoms with Gasteiger partial charge in [0, 0.05) is 12.6 Å². The summed E-state index contributed by atoms with van der Waals surface area (Å²) < 4.78 is 5.26. The molecule has 0 unspecified atom stereocenters. The van der Waals surface area contributed by atoms with E-state index in [0.717, 1.165) is 16.7 Å². The first-order valence-electron chi connectivity index (χ1n) is 14.3. The molecule has 0 aromatic heterocycles. The summed E-state index contributed by atoms with van der Waals surface area (Å²) in [6.07, 6.45) is 2.52. The van der Waals surface area contributed by atoms with Crippen LogP contribution in [-0.2, 0) is 38.6 Å². The third-order valence-electron chi connectivity index (χ3n) is 7.45. The molecule has 0 aliphatic carbocycles. The molecule has 2 heterocycles. The van der Waals surface area contributed by atoms with Crippen LogP contribution in [0.2, 0.25) is 0 Å². The fraction of sp³-hybridized carbons (Fsp3) is 0.400. The van der Waals surface area contributed by atoms with Crippen molar-refractivity contribution in [1.82, 2.24) is 21.4 Å². The number of primary amides is 1. The first-order valence-corrected chi connectivity index (χ1v) is 14.3. The SMILES string of the molecule is CC[C@@H](/C=N\NC(N)=O)NC(=O)[C@@H]1Cc2cccc3c2N1C(=O)[C@@H](NC(=O)[C@H](CC)NC(=O)OCc1ccccc1)CC3. The molecule has 0 fully saturated rings. The molecule has 0 bridgehead atoms. The van der Waals surface area contributed by atoms with E-state index >= 15 is 0 Å². The number of hydrogen-bond acceptors (Lipinski definition) is 7. The Morgan fingerprint density at radius 2 is 1.79 bits per heavy atom. The van der Waals surface area contributed by atoms with Crippen LogP contribution >= 0.6 is 0 Å². The number of nitrogens with two attached hydrogens (primary N) is 1. The second-order valence-corrected chi connectivity index (χ2v) is 10.4. The van der Waals surface area contributed by atoms with Gasteiger partial charge in [-0.15, -0.1) is 0 Å². The lowest BCUT2D eigenvalue weighted by Gasteiger charge is -2.29. The van der Waals surface area contributed by atoms with E-state index in [1.165, 1.54) is 11.1 Å². The van der Waals surface area contributed by atoms with Gasteiger partial charge in [-0.25, -0.2) is 15.0 Å². The first-order chi connectivity index (χ1) is 20.7. The van der Waals surface area contributed by atoms with Crippen molar-refractivity contribution in [2.24, 2.45) is 10.8 Å². The average Bonchev–Trinajstić information content (AvgIpc) is 3.34. The van der Waals surface area contributed by atoms with E-state index in [2.05, 4.69) is 26.5 Å². The molecule has 6 N–H and O–H groups in total. The number of hydrazone groups is 1. The molecule has 228 valence electrons. The van der Waals surface area contributed by atoms with Gasteiger partial charge < -0.3 is 26.4 Å². The van der Waals surface area contributed by atoms with Crippen LogP contribution in [0.25, 0.3) is 0 Å². The topological polar surface area (TPSA) is 184 Å². The molecule has 2 aromatic rings. The van der Waals surface area contributed by atoms with Crippen LogP contribution in [0.4, 0.5) is 15.3 Å². The van der Waals surface area contributed by atoms with Gasteiger partial charge in [-0.1, -0.05) is 62.4 Å². The second kappa shape index (κ2) is 14.3. The normalized spacial score (nSPS) is 18.7. The van der Waals surface area contributed by atoms with E-state index in [9.17, 15) is 24.0 Å². The largest absolute Gasteiger partial charge is 0.445 e. The number of anilines is 1. The van der Waals surface area contributed by atoms with Crippen molar-refractivity contribution in [3.8, 4) is 0 Å². The van der Waals surface area contributed by atoms with Crippen LogP contribution in [0.5, 0.6) is 0 Å². The molecule has 0 saturated carbocycles. The molecule has 6 amide bonds. The summed E-state index contributed by atoms with van der Waals surface area (Å²) in [7, 11) is 0. The number of amides is 6. The summed E-state index contributed by atoms with van der Waals surface area (Å²) in [6, 6.07) is 10.8. The van der Waals surface area contributed by atoms with Gasteiger partial charge in [0.1, 0.15) is 24.7 Å². The second-order valence-electron chi connectivity index (χ2n) is 10.4. The molecule has 13 heteroatoms. The van der Waals surface area contributed by atoms with E-state index < -0.39 is 54.0 Å². The Labute approximate surface area is 249 Å². The molecule has 0 spiro atoms. The summed E-state index contributed by atoms with van der Waals surface area (Å²) in [6.45, 7) is 3.63. The van der Waals surface area contributed by atoms with Crippen molar-refractivity contribution >= 4 is 41.7 Å². The fourth-order valence-corrected chi connectivity index (χ4v) is 5.22. The van der Waals surface area contributed by atoms with Gasteiger partial charge in [0.05, 0.1) is 11.7 Å². The standard InChI is InChI=1S/C30H37N7O6/c1-3-21(16-32-36-29(31)41)33-27(39)24-15-20-12-8-11-19-13-14-23(28(40)37(24)25(19)20)34-26(38)22(4-2)35-30(42)43-17-18-9-6-5-7-10-18/h5-12,16,21-24H,3-4,13-15,17H2,1-2H3,(H,33,39)(H,34,38)(H,35,42)(H3,31,36,41)/b32-16-/t21-,22-,23-,24-/m0/s1. The molecular weight excluding hydrogens is 554 g/mol. The van der Waals surface area contributed by atoms with Crippen molar-refractivity contribution < 1.29 is 28.7 Å². The number of para-hydroxylation sites is 1. The maximum Gasteiger partial charge on any atom is 0.408 e. The summed E-state index contributed by atoms with van der Waals surface area (Å²) >= 11 is 0. The van der Waals surface area contributed by atoms with E-state index in [1.54, 1.807) is 6.92 Å². The van der Waals surface area contributed by atoms with Crippen LogP contribution in [-0.4, -0.2) is 60.2 Å². The summed E-state index contributed by atoms with van der Waals surface area (Å²) in [5.74, 6) is -1.32. The summed E-state index contributed by atoms with van der Waals surface area (Å²) in [4.78, 5) is 65.5. The quantitative estimate of drug-likeness (QED) is 0.195. The molecule has 0 saturated heterocycles. The highest BCUT2D eigenvalue weighted by Crippen LogP contribution is 2.39. The number of urea groups is 1. The maximum atomic E-state index is 13.9. The lowest BCUT2D eigenvalue weighted by molar-refractivity contribution is -0.130. The molecule has 2 aromatic carbocycles. The number of benzene rings is 2. The third kappa shape index (κ3) is 7.67. The number of nitrogens with zero attached hydrogens (tertiary/aromatic N) is 2. The zero-order chi connectivity index (χ0) is 30.9. The Morgan fingerprint density at radius 3 is 2.49 bits per heavy atom. The van der Waals surface area contributed by atoms with Crippen LogP contribution in [0.1, 0.15) is 49.8 Å². The maximum absolute atomic E-state index is 13.9. The predicted octanol–water partition coefficient (Wildman–Crippen LogP) is 1.63. The zero-order valence-corrected chi connectivity index (χ0v) is 24.2. The van der Waals surface area contributed by atoms with Gasteiger partial charge in [-0.3, -0.25) is 19.3 Å². The van der Waals surface area contributed by atoms with Crippen molar-refractivity contribution in [3.63, 3.8) is 0 Å². The third-order valence-corrected chi connectivity index (χ3v) is 7.45. The number of aryl methyl sites for hydroxylation is 1. The van der Waals surface area contributed by atoms with Gasteiger partial charge in [0.2, 0.25) is 17.7 Å². The number of hydrogen-bond donors (Lipinski definition) is 5. The molecule has 43 heavy (non-hydrogen) atoms. The Balaban J connectivity index is 1.45. The number of rotatable bonds is 11. The van der Waals surface area contributed by atoms with Gasteiger partial charge >= 0.3 is 12.1 Å². The lowest BCUT2D eigenvalue weighted by atomic mass is 10.0. The minimum Gasteiger partial charge on any atom is -0.445 e. The summed E-state index contributed by atoms with van der Waals surface area (Å²) in [5, 5.41) is 12.0. The van der Waals surface area contributed by atoms with Gasteiger partial charge in [0.15, 0.2) is 0 Å². The number of ether oxygens (including phenoxy) is 1. The van der Waals surface area contributed by atoms with Gasteiger partial charge in [-0.2, -0.15) is 5.10 Å². The Hall–Kier alpha value is -4.94. The van der Waals surface area contributed by atoms with Crippen molar-refractivity contribution in [2.45, 2.75) is 76.7 Å². The number of carbonyl (C=O) groups is 5. The van der Waals surface area contributed by atoms with Gasteiger partial charge in [0.25, 0.3) is 0 Å². The highest BCUT2D eigenvalue weighted by atomic mass is 16.5. The fourth-order valence-electron chi connectivity index (χ4n) is 5.22. The van der Waals surface area contributed by atoms with Gasteiger partial charge in [-0.05, 0) is 42.4 Å². The lowest BCUT2D eigenvalue weighted by Crippen LogP contribution is -2.57. The number of nitrogens with one attached hydrogen (secondary N) is 4. The monoisotopic (exact) mass is 591 g/mol. The first kappa shape index (κ1) is 31.0. The molecule has 2 aliphatic rings. The van der Waals surface area contributed by atoms with Crippen LogP contribution in [0.3, 0.4) is 0 Å². The Bertz CT molecular complexity index is 1380. The van der Waals surface area contributed by atoms with E-state index in [-0.39, 0.29) is 13.0 Å². The number of carbonyl (C=O) groups excluding carboxylic acids is 5. The van der Waals surface area contributed by atoms with Crippen LogP contribution in [0.15, 0.2) is 53.6 Å². The van der Waals surface area contributed by atoms with E-state index in [0.29, 0.717) is 31.4 Å². The van der Waals surface area contributed by atoms with Crippen molar-refractivity contribution in [3.05, 3.63) is 65.2 Å². The molecule has 2 aliphatic heterocycles. The van der Waals surface area contributed by atoms with Crippen LogP contribution in [0, 0.1) is 0 Å². The molecular formula is C30H37N7O6. The number of alkyl carbamates (subject to hydrolysis) is 1.